The maximum Gasteiger partial charge on any atom is 0.251 e. The van der Waals surface area contributed by atoms with Crippen molar-refractivity contribution in [2.75, 3.05) is 0 Å². The summed E-state index contributed by atoms with van der Waals surface area (Å²) in [6.45, 7) is 0.299. The standard InChI is InChI=1S/C5H7N3OS/c6-2-3-1-4(9)8-5(10)7-3/h1H,2,6H2,(H2,7,8,9,10). The number of nitrogens with two attached hydrogens (primary N) is 1. The Labute approximate surface area is 62.1 Å². The minimum absolute atomic E-state index is 0.218. The van der Waals surface area contributed by atoms with Crippen molar-refractivity contribution in [1.29, 1.82) is 0 Å². The van der Waals surface area contributed by atoms with Gasteiger partial charge in [-0.1, -0.05) is 0 Å². The van der Waals surface area contributed by atoms with E-state index in [0.717, 1.165) is 0 Å². The van der Waals surface area contributed by atoms with Gasteiger partial charge in [-0.25, -0.2) is 0 Å². The highest BCUT2D eigenvalue weighted by Gasteiger charge is 1.89. The van der Waals surface area contributed by atoms with Gasteiger partial charge in [0.1, 0.15) is 0 Å². The fraction of sp³-hybridized carbons (Fsp3) is 0.200. The zero-order chi connectivity index (χ0) is 7.56. The zero-order valence-corrected chi connectivity index (χ0v) is 5.99. The third-order valence-electron chi connectivity index (χ3n) is 1.04. The smallest absolute Gasteiger partial charge is 0.251 e. The van der Waals surface area contributed by atoms with Gasteiger partial charge >= 0.3 is 0 Å². The van der Waals surface area contributed by atoms with E-state index in [9.17, 15) is 4.79 Å². The van der Waals surface area contributed by atoms with Crippen LogP contribution in [0.3, 0.4) is 0 Å². The van der Waals surface area contributed by atoms with Gasteiger partial charge in [0.25, 0.3) is 5.56 Å². The third-order valence-corrected chi connectivity index (χ3v) is 1.24. The maximum absolute atomic E-state index is 10.7. The van der Waals surface area contributed by atoms with Crippen molar-refractivity contribution in [2.24, 2.45) is 5.73 Å². The van der Waals surface area contributed by atoms with Crippen LogP contribution < -0.4 is 11.3 Å². The van der Waals surface area contributed by atoms with E-state index in [4.69, 9.17) is 5.73 Å². The molecule has 0 aromatic carbocycles. The van der Waals surface area contributed by atoms with Crippen LogP contribution in [-0.4, -0.2) is 9.97 Å². The van der Waals surface area contributed by atoms with Crippen LogP contribution in [0.15, 0.2) is 10.9 Å². The summed E-state index contributed by atoms with van der Waals surface area (Å²) >= 11 is 4.69. The van der Waals surface area contributed by atoms with E-state index in [1.807, 2.05) is 0 Å². The number of H-pyrrole nitrogens is 2. The first kappa shape index (κ1) is 7.17. The van der Waals surface area contributed by atoms with Crippen LogP contribution >= 0.6 is 12.2 Å². The lowest BCUT2D eigenvalue weighted by Gasteiger charge is -1.92. The van der Waals surface area contributed by atoms with Gasteiger partial charge in [0.2, 0.25) is 0 Å². The zero-order valence-electron chi connectivity index (χ0n) is 5.18. The number of aromatic nitrogens is 2. The Morgan fingerprint density at radius 2 is 2.30 bits per heavy atom. The third kappa shape index (κ3) is 1.52. The molecule has 0 aliphatic carbocycles. The van der Waals surface area contributed by atoms with Crippen molar-refractivity contribution < 1.29 is 0 Å². The van der Waals surface area contributed by atoms with Crippen LogP contribution in [0.4, 0.5) is 0 Å². The molecule has 54 valence electrons. The van der Waals surface area contributed by atoms with Crippen molar-refractivity contribution in [3.05, 3.63) is 26.9 Å². The molecule has 10 heavy (non-hydrogen) atoms. The molecule has 1 aromatic rings. The summed E-state index contributed by atoms with van der Waals surface area (Å²) < 4.78 is 0.313. The Kier molecular flexibility index (Phi) is 1.98. The number of hydrogen-bond acceptors (Lipinski definition) is 3. The second kappa shape index (κ2) is 2.76. The molecule has 1 heterocycles. The summed E-state index contributed by atoms with van der Waals surface area (Å²) in [6, 6.07) is 1.38. The van der Waals surface area contributed by atoms with Crippen molar-refractivity contribution >= 4 is 12.2 Å². The van der Waals surface area contributed by atoms with Gasteiger partial charge in [0, 0.05) is 18.3 Å². The van der Waals surface area contributed by atoms with E-state index >= 15 is 0 Å². The quantitative estimate of drug-likeness (QED) is 0.498. The van der Waals surface area contributed by atoms with Gasteiger partial charge in [0.15, 0.2) is 4.77 Å². The predicted octanol–water partition coefficient (Wildman–Crippen LogP) is -0.109. The topological polar surface area (TPSA) is 74.7 Å². The monoisotopic (exact) mass is 157 g/mol. The molecule has 0 spiro atoms. The first-order chi connectivity index (χ1) is 4.72. The molecule has 5 heteroatoms. The first-order valence-electron chi connectivity index (χ1n) is 2.75. The molecular formula is C5H7N3OS. The molecule has 0 bridgehead atoms. The summed E-state index contributed by atoms with van der Waals surface area (Å²) in [5.41, 5.74) is 5.69. The largest absolute Gasteiger partial charge is 0.335 e. The van der Waals surface area contributed by atoms with Crippen LogP contribution in [0.1, 0.15) is 5.69 Å². The van der Waals surface area contributed by atoms with Gasteiger partial charge in [-0.2, -0.15) is 0 Å². The fourth-order valence-electron chi connectivity index (χ4n) is 0.629. The molecule has 0 fully saturated rings. The summed E-state index contributed by atoms with van der Waals surface area (Å²) in [5, 5.41) is 0. The van der Waals surface area contributed by atoms with Gasteiger partial charge < -0.3 is 10.7 Å². The summed E-state index contributed by atoms with van der Waals surface area (Å²) in [5.74, 6) is 0. The fourth-order valence-corrected chi connectivity index (χ4v) is 0.861. The number of rotatable bonds is 1. The highest BCUT2D eigenvalue weighted by molar-refractivity contribution is 7.71. The lowest BCUT2D eigenvalue weighted by atomic mass is 10.4. The minimum Gasteiger partial charge on any atom is -0.335 e. The van der Waals surface area contributed by atoms with Crippen molar-refractivity contribution in [3.63, 3.8) is 0 Å². The van der Waals surface area contributed by atoms with Gasteiger partial charge in [0.05, 0.1) is 0 Å². The average molecular weight is 157 g/mol. The summed E-state index contributed by atoms with van der Waals surface area (Å²) in [4.78, 5) is 15.8. The van der Waals surface area contributed by atoms with Crippen molar-refractivity contribution in [1.82, 2.24) is 9.97 Å². The number of aromatic amines is 2. The Hall–Kier alpha value is -0.940. The van der Waals surface area contributed by atoms with E-state index in [1.54, 1.807) is 0 Å². The molecule has 1 aromatic heterocycles. The molecule has 4 nitrogen and oxygen atoms in total. The molecule has 0 saturated heterocycles. The van der Waals surface area contributed by atoms with Crippen LogP contribution in [0, 0.1) is 4.77 Å². The molecular weight excluding hydrogens is 150 g/mol. The maximum atomic E-state index is 10.7. The van der Waals surface area contributed by atoms with Gasteiger partial charge in [-0.05, 0) is 12.2 Å². The van der Waals surface area contributed by atoms with Gasteiger partial charge in [-0.3, -0.25) is 9.78 Å². The molecule has 0 amide bonds. The average Bonchev–Trinajstić information content (AvgIpc) is 1.85. The van der Waals surface area contributed by atoms with Crippen LogP contribution in [0.5, 0.6) is 0 Å². The van der Waals surface area contributed by atoms with Crippen molar-refractivity contribution in [2.45, 2.75) is 6.54 Å². The van der Waals surface area contributed by atoms with Gasteiger partial charge in [-0.15, -0.1) is 0 Å². The summed E-state index contributed by atoms with van der Waals surface area (Å²) in [6.07, 6.45) is 0. The molecule has 1 rings (SSSR count). The first-order valence-corrected chi connectivity index (χ1v) is 3.16. The SMILES string of the molecule is NCc1cc(=O)[nH]c(=S)[nH]1. The lowest BCUT2D eigenvalue weighted by molar-refractivity contribution is 0.937. The predicted molar refractivity (Wildman–Crippen MR) is 40.1 cm³/mol. The number of nitrogens with one attached hydrogen (secondary N) is 2. The summed E-state index contributed by atoms with van der Waals surface area (Å²) in [7, 11) is 0. The molecule has 0 saturated carbocycles. The molecule has 0 aliphatic rings. The molecule has 0 aliphatic heterocycles. The molecule has 0 unspecified atom stereocenters. The Balaban J connectivity index is 3.33. The van der Waals surface area contributed by atoms with E-state index in [1.165, 1.54) is 6.07 Å². The van der Waals surface area contributed by atoms with Crippen LogP contribution in [0.25, 0.3) is 0 Å². The van der Waals surface area contributed by atoms with Crippen LogP contribution in [-0.2, 0) is 6.54 Å². The van der Waals surface area contributed by atoms with E-state index in [-0.39, 0.29) is 5.56 Å². The molecule has 4 N–H and O–H groups in total. The Morgan fingerprint density at radius 3 is 2.80 bits per heavy atom. The van der Waals surface area contributed by atoms with E-state index in [2.05, 4.69) is 22.2 Å². The van der Waals surface area contributed by atoms with Crippen molar-refractivity contribution in [3.8, 4) is 0 Å². The van der Waals surface area contributed by atoms with Crippen LogP contribution in [0.2, 0.25) is 0 Å². The second-order valence-electron chi connectivity index (χ2n) is 1.82. The molecule has 0 radical (unpaired) electrons. The molecule has 0 atom stereocenters. The normalized spacial score (nSPS) is 9.70. The number of hydrogen-bond donors (Lipinski definition) is 3. The highest BCUT2D eigenvalue weighted by Crippen LogP contribution is 1.83. The van der Waals surface area contributed by atoms with E-state index in [0.29, 0.717) is 17.0 Å². The lowest BCUT2D eigenvalue weighted by Crippen LogP contribution is -2.10. The van der Waals surface area contributed by atoms with E-state index < -0.39 is 0 Å². The highest BCUT2D eigenvalue weighted by atomic mass is 32.1. The Bertz CT molecular complexity index is 298. The Morgan fingerprint density at radius 1 is 1.60 bits per heavy atom. The second-order valence-corrected chi connectivity index (χ2v) is 2.23. The minimum atomic E-state index is -0.218.